The smallest absolute Gasteiger partial charge is 0.233 e. The van der Waals surface area contributed by atoms with Crippen LogP contribution in [0.4, 0.5) is 0 Å². The highest BCUT2D eigenvalue weighted by Crippen LogP contribution is 2.23. The number of benzene rings is 1. The van der Waals surface area contributed by atoms with Crippen molar-refractivity contribution in [3.05, 3.63) is 29.8 Å². The molecule has 0 saturated carbocycles. The van der Waals surface area contributed by atoms with Crippen LogP contribution < -0.4 is 5.32 Å². The van der Waals surface area contributed by atoms with Crippen LogP contribution in [0, 0.1) is 0 Å². The molecule has 1 aromatic carbocycles. The average Bonchev–Trinajstić information content (AvgIpc) is 2.29. The van der Waals surface area contributed by atoms with Gasteiger partial charge in [-0.15, -0.1) is 11.8 Å². The van der Waals surface area contributed by atoms with Crippen molar-refractivity contribution in [3.8, 4) is 0 Å². The Balaban J connectivity index is 2.65. The molecule has 0 spiro atoms. The van der Waals surface area contributed by atoms with Crippen molar-refractivity contribution in [2.45, 2.75) is 24.0 Å². The van der Waals surface area contributed by atoms with Gasteiger partial charge in [0, 0.05) is 17.0 Å². The molecule has 0 aliphatic heterocycles. The summed E-state index contributed by atoms with van der Waals surface area (Å²) in [6.07, 6.45) is 0.806. The van der Waals surface area contributed by atoms with Gasteiger partial charge in [-0.2, -0.15) is 0 Å². The summed E-state index contributed by atoms with van der Waals surface area (Å²) in [4.78, 5) is 23.0. The van der Waals surface area contributed by atoms with E-state index < -0.39 is 0 Å². The van der Waals surface area contributed by atoms with Crippen LogP contribution in [0.2, 0.25) is 0 Å². The molecule has 1 rings (SSSR count). The molecule has 1 unspecified atom stereocenters. The van der Waals surface area contributed by atoms with Gasteiger partial charge in [0.05, 0.1) is 5.25 Å². The van der Waals surface area contributed by atoms with E-state index in [4.69, 9.17) is 0 Å². The second-order valence-corrected chi connectivity index (χ2v) is 4.76. The summed E-state index contributed by atoms with van der Waals surface area (Å²) < 4.78 is 0. The molecule has 0 saturated heterocycles. The largest absolute Gasteiger partial charge is 0.355 e. The maximum absolute atomic E-state index is 11.5. The zero-order valence-corrected chi connectivity index (χ0v) is 10.2. The third kappa shape index (κ3) is 3.70. The Kier molecular flexibility index (Phi) is 5.05. The summed E-state index contributed by atoms with van der Waals surface area (Å²) in [6, 6.07) is 7.24. The first-order chi connectivity index (χ1) is 7.67. The number of hydrogen-bond donors (Lipinski definition) is 1. The van der Waals surface area contributed by atoms with Crippen molar-refractivity contribution >= 4 is 24.0 Å². The Morgan fingerprint density at radius 1 is 1.56 bits per heavy atom. The van der Waals surface area contributed by atoms with Crippen molar-refractivity contribution in [2.24, 2.45) is 0 Å². The van der Waals surface area contributed by atoms with Crippen LogP contribution >= 0.6 is 11.8 Å². The highest BCUT2D eigenvalue weighted by molar-refractivity contribution is 8.00. The van der Waals surface area contributed by atoms with Crippen LogP contribution in [-0.2, 0) is 4.79 Å². The first kappa shape index (κ1) is 12.8. The molecule has 1 amide bonds. The van der Waals surface area contributed by atoms with E-state index in [1.807, 2.05) is 26.0 Å². The highest BCUT2D eigenvalue weighted by Gasteiger charge is 2.13. The number of amides is 1. The second kappa shape index (κ2) is 6.33. The van der Waals surface area contributed by atoms with Crippen LogP contribution in [0.1, 0.15) is 24.2 Å². The monoisotopic (exact) mass is 237 g/mol. The molecule has 0 bridgehead atoms. The Morgan fingerprint density at radius 3 is 2.94 bits per heavy atom. The van der Waals surface area contributed by atoms with Gasteiger partial charge in [0.15, 0.2) is 0 Å². The number of thioether (sulfide) groups is 1. The zero-order chi connectivity index (χ0) is 12.0. The molecule has 0 radical (unpaired) electrons. The van der Waals surface area contributed by atoms with Gasteiger partial charge in [-0.3, -0.25) is 9.59 Å². The lowest BCUT2D eigenvalue weighted by Crippen LogP contribution is -2.30. The van der Waals surface area contributed by atoms with E-state index in [2.05, 4.69) is 5.32 Å². The predicted octanol–water partition coefficient (Wildman–Crippen LogP) is 2.12. The van der Waals surface area contributed by atoms with Crippen molar-refractivity contribution in [1.29, 1.82) is 0 Å². The first-order valence-electron chi connectivity index (χ1n) is 5.17. The van der Waals surface area contributed by atoms with E-state index in [1.165, 1.54) is 11.8 Å². The zero-order valence-electron chi connectivity index (χ0n) is 9.40. The SMILES string of the molecule is CCNC(=O)C(C)Sc1cccc(C=O)c1. The molecule has 0 aromatic heterocycles. The van der Waals surface area contributed by atoms with Gasteiger partial charge in [0.25, 0.3) is 0 Å². The van der Waals surface area contributed by atoms with Crippen LogP contribution in [0.5, 0.6) is 0 Å². The average molecular weight is 237 g/mol. The number of carbonyl (C=O) groups excluding carboxylic acids is 2. The Morgan fingerprint density at radius 2 is 2.31 bits per heavy atom. The van der Waals surface area contributed by atoms with Gasteiger partial charge in [0.2, 0.25) is 5.91 Å². The molecule has 0 fully saturated rings. The highest BCUT2D eigenvalue weighted by atomic mass is 32.2. The van der Waals surface area contributed by atoms with Gasteiger partial charge >= 0.3 is 0 Å². The molecule has 1 aromatic rings. The Labute approximate surface area is 99.6 Å². The van der Waals surface area contributed by atoms with E-state index in [0.29, 0.717) is 12.1 Å². The van der Waals surface area contributed by atoms with Gasteiger partial charge in [0.1, 0.15) is 6.29 Å². The summed E-state index contributed by atoms with van der Waals surface area (Å²) in [7, 11) is 0. The molecule has 0 aliphatic rings. The van der Waals surface area contributed by atoms with Crippen molar-refractivity contribution in [1.82, 2.24) is 5.32 Å². The second-order valence-electron chi connectivity index (χ2n) is 3.35. The van der Waals surface area contributed by atoms with Crippen LogP contribution in [-0.4, -0.2) is 24.0 Å². The van der Waals surface area contributed by atoms with Crippen molar-refractivity contribution in [3.63, 3.8) is 0 Å². The van der Waals surface area contributed by atoms with E-state index in [0.717, 1.165) is 11.2 Å². The summed E-state index contributed by atoms with van der Waals surface area (Å²) in [5.74, 6) is 0.0176. The van der Waals surface area contributed by atoms with Crippen LogP contribution in [0.3, 0.4) is 0 Å². The summed E-state index contributed by atoms with van der Waals surface area (Å²) in [6.45, 7) is 4.38. The lowest BCUT2D eigenvalue weighted by atomic mass is 10.2. The first-order valence-corrected chi connectivity index (χ1v) is 6.05. The standard InChI is InChI=1S/C12H15NO2S/c1-3-13-12(15)9(2)16-11-6-4-5-10(7-11)8-14/h4-9H,3H2,1-2H3,(H,13,15). The molecule has 0 heterocycles. The van der Waals surface area contributed by atoms with Crippen molar-refractivity contribution < 1.29 is 9.59 Å². The van der Waals surface area contributed by atoms with Gasteiger partial charge in [-0.25, -0.2) is 0 Å². The minimum absolute atomic E-state index is 0.0176. The molecule has 1 atom stereocenters. The topological polar surface area (TPSA) is 46.2 Å². The number of rotatable bonds is 5. The molecule has 0 aliphatic carbocycles. The molecule has 86 valence electrons. The third-order valence-electron chi connectivity index (χ3n) is 2.03. The fraction of sp³-hybridized carbons (Fsp3) is 0.333. The normalized spacial score (nSPS) is 11.9. The van der Waals surface area contributed by atoms with E-state index in [9.17, 15) is 9.59 Å². The number of carbonyl (C=O) groups is 2. The third-order valence-corrected chi connectivity index (χ3v) is 3.12. The van der Waals surface area contributed by atoms with E-state index >= 15 is 0 Å². The van der Waals surface area contributed by atoms with Gasteiger partial charge < -0.3 is 5.32 Å². The Bertz CT molecular complexity index is 379. The van der Waals surface area contributed by atoms with Gasteiger partial charge in [-0.05, 0) is 26.0 Å². The number of nitrogens with one attached hydrogen (secondary N) is 1. The number of hydrogen-bond acceptors (Lipinski definition) is 3. The maximum Gasteiger partial charge on any atom is 0.233 e. The molecular weight excluding hydrogens is 222 g/mol. The summed E-state index contributed by atoms with van der Waals surface area (Å²) >= 11 is 1.45. The molecule has 1 N–H and O–H groups in total. The molecule has 4 heteroatoms. The Hall–Kier alpha value is -1.29. The lowest BCUT2D eigenvalue weighted by molar-refractivity contribution is -0.120. The minimum Gasteiger partial charge on any atom is -0.355 e. The summed E-state index contributed by atoms with van der Waals surface area (Å²) in [5, 5.41) is 2.61. The number of aldehydes is 1. The van der Waals surface area contributed by atoms with Gasteiger partial charge in [-0.1, -0.05) is 12.1 Å². The summed E-state index contributed by atoms with van der Waals surface area (Å²) in [5.41, 5.74) is 0.632. The predicted molar refractivity (Wildman–Crippen MR) is 65.8 cm³/mol. The van der Waals surface area contributed by atoms with Crippen LogP contribution in [0.15, 0.2) is 29.2 Å². The van der Waals surface area contributed by atoms with Crippen LogP contribution in [0.25, 0.3) is 0 Å². The van der Waals surface area contributed by atoms with Crippen molar-refractivity contribution in [2.75, 3.05) is 6.54 Å². The molecular formula is C12H15NO2S. The fourth-order valence-corrected chi connectivity index (χ4v) is 2.20. The quantitative estimate of drug-likeness (QED) is 0.630. The fourth-order valence-electron chi connectivity index (χ4n) is 1.24. The molecule has 3 nitrogen and oxygen atoms in total. The van der Waals surface area contributed by atoms with E-state index in [-0.39, 0.29) is 11.2 Å². The maximum atomic E-state index is 11.5. The minimum atomic E-state index is -0.151. The van der Waals surface area contributed by atoms with E-state index in [1.54, 1.807) is 12.1 Å². The molecule has 16 heavy (non-hydrogen) atoms. The lowest BCUT2D eigenvalue weighted by Gasteiger charge is -2.10.